The van der Waals surface area contributed by atoms with Crippen molar-refractivity contribution in [1.29, 1.82) is 0 Å². The number of nitrogens with one attached hydrogen (secondary N) is 1. The summed E-state index contributed by atoms with van der Waals surface area (Å²) in [5.74, 6) is -0.211. The summed E-state index contributed by atoms with van der Waals surface area (Å²) in [4.78, 5) is 29.4. The van der Waals surface area contributed by atoms with E-state index in [0.29, 0.717) is 11.0 Å². The van der Waals surface area contributed by atoms with E-state index in [0.717, 1.165) is 4.47 Å². The molecule has 1 aliphatic rings. The van der Waals surface area contributed by atoms with Crippen molar-refractivity contribution >= 4 is 42.9 Å². The number of rotatable bonds is 4. The van der Waals surface area contributed by atoms with Gasteiger partial charge < -0.3 is 9.88 Å². The standard InChI is InChI=1S/C19H19BrN4O4S/c20-14-5-7-15(8-6-14)29(27,28)23-11-9-22(10-12-23)18(25)13-24-17-4-2-1-3-16(17)21-19(24)26/h1-8H,9-13H2,(H,21,26). The lowest BCUT2D eigenvalue weighted by molar-refractivity contribution is -0.133. The van der Waals surface area contributed by atoms with E-state index >= 15 is 0 Å². The predicted octanol–water partition coefficient (Wildman–Crippen LogP) is 1.63. The number of carbonyl (C=O) groups excluding carboxylic acids is 1. The summed E-state index contributed by atoms with van der Waals surface area (Å²) in [5, 5.41) is 0. The van der Waals surface area contributed by atoms with Crippen molar-refractivity contribution in [3.63, 3.8) is 0 Å². The lowest BCUT2D eigenvalue weighted by Crippen LogP contribution is -2.51. The Balaban J connectivity index is 1.44. The summed E-state index contributed by atoms with van der Waals surface area (Å²) < 4.78 is 29.2. The van der Waals surface area contributed by atoms with Crippen molar-refractivity contribution in [2.75, 3.05) is 26.2 Å². The van der Waals surface area contributed by atoms with Gasteiger partial charge in [-0.3, -0.25) is 9.36 Å². The topological polar surface area (TPSA) is 95.5 Å². The monoisotopic (exact) mass is 478 g/mol. The predicted molar refractivity (Wildman–Crippen MR) is 112 cm³/mol. The Morgan fingerprint density at radius 2 is 1.66 bits per heavy atom. The number of para-hydroxylation sites is 2. The number of halogens is 1. The number of nitrogens with zero attached hydrogens (tertiary/aromatic N) is 3. The van der Waals surface area contributed by atoms with Gasteiger partial charge in [-0.05, 0) is 36.4 Å². The number of carbonyl (C=O) groups is 1. The molecule has 1 fully saturated rings. The third-order valence-electron chi connectivity index (χ3n) is 5.02. The molecule has 10 heteroatoms. The summed E-state index contributed by atoms with van der Waals surface area (Å²) in [6.45, 7) is 0.916. The van der Waals surface area contributed by atoms with Crippen LogP contribution in [0.3, 0.4) is 0 Å². The molecule has 29 heavy (non-hydrogen) atoms. The summed E-state index contributed by atoms with van der Waals surface area (Å²) in [6.07, 6.45) is 0. The molecule has 8 nitrogen and oxygen atoms in total. The molecule has 1 aromatic heterocycles. The summed E-state index contributed by atoms with van der Waals surface area (Å²) in [5.41, 5.74) is 1.01. The van der Waals surface area contributed by atoms with Gasteiger partial charge in [0.2, 0.25) is 15.9 Å². The highest BCUT2D eigenvalue weighted by atomic mass is 79.9. The maximum atomic E-state index is 12.8. The molecule has 0 unspecified atom stereocenters. The second-order valence-corrected chi connectivity index (χ2v) is 9.63. The second kappa shape index (κ2) is 7.77. The van der Waals surface area contributed by atoms with Gasteiger partial charge in [0.1, 0.15) is 6.54 Å². The number of amides is 1. The van der Waals surface area contributed by atoms with E-state index in [1.807, 2.05) is 12.1 Å². The molecule has 3 aromatic rings. The van der Waals surface area contributed by atoms with Crippen LogP contribution in [0.15, 0.2) is 62.7 Å². The summed E-state index contributed by atoms with van der Waals surface area (Å²) >= 11 is 3.30. The van der Waals surface area contributed by atoms with Crippen LogP contribution in [0.4, 0.5) is 0 Å². The minimum Gasteiger partial charge on any atom is -0.338 e. The van der Waals surface area contributed by atoms with Crippen LogP contribution in [0.1, 0.15) is 0 Å². The fraction of sp³-hybridized carbons (Fsp3) is 0.263. The maximum Gasteiger partial charge on any atom is 0.326 e. The Bertz CT molecular complexity index is 1210. The van der Waals surface area contributed by atoms with Gasteiger partial charge in [0.05, 0.1) is 15.9 Å². The highest BCUT2D eigenvalue weighted by Crippen LogP contribution is 2.20. The molecule has 0 radical (unpaired) electrons. The van der Waals surface area contributed by atoms with Crippen molar-refractivity contribution < 1.29 is 13.2 Å². The van der Waals surface area contributed by atoms with Crippen LogP contribution in [-0.4, -0.2) is 59.3 Å². The van der Waals surface area contributed by atoms with E-state index in [-0.39, 0.29) is 49.2 Å². The van der Waals surface area contributed by atoms with Crippen molar-refractivity contribution in [3.05, 3.63) is 63.5 Å². The molecule has 1 amide bonds. The highest BCUT2D eigenvalue weighted by molar-refractivity contribution is 9.10. The summed E-state index contributed by atoms with van der Waals surface area (Å²) in [7, 11) is -3.60. The number of benzene rings is 2. The van der Waals surface area contributed by atoms with Gasteiger partial charge in [-0.15, -0.1) is 0 Å². The lowest BCUT2D eigenvalue weighted by atomic mass is 10.3. The van der Waals surface area contributed by atoms with Crippen LogP contribution < -0.4 is 5.69 Å². The van der Waals surface area contributed by atoms with Crippen LogP contribution in [0.5, 0.6) is 0 Å². The molecule has 0 atom stereocenters. The van der Waals surface area contributed by atoms with E-state index in [9.17, 15) is 18.0 Å². The third-order valence-corrected chi connectivity index (χ3v) is 7.46. The first-order valence-corrected chi connectivity index (χ1v) is 11.3. The van der Waals surface area contributed by atoms with E-state index in [1.165, 1.54) is 8.87 Å². The molecule has 0 bridgehead atoms. The average Bonchev–Trinajstić information content (AvgIpc) is 3.03. The van der Waals surface area contributed by atoms with Gasteiger partial charge in [0.25, 0.3) is 0 Å². The molecule has 1 N–H and O–H groups in total. The normalized spacial score (nSPS) is 15.7. The largest absolute Gasteiger partial charge is 0.338 e. The first-order valence-electron chi connectivity index (χ1n) is 9.07. The van der Waals surface area contributed by atoms with Crippen molar-refractivity contribution in [2.24, 2.45) is 0 Å². The van der Waals surface area contributed by atoms with Crippen LogP contribution in [-0.2, 0) is 21.4 Å². The molecular formula is C19H19BrN4O4S. The third kappa shape index (κ3) is 3.87. The molecule has 1 aliphatic heterocycles. The number of H-pyrrole nitrogens is 1. The number of aromatic nitrogens is 2. The van der Waals surface area contributed by atoms with E-state index in [4.69, 9.17) is 0 Å². The Kier molecular flexibility index (Phi) is 5.32. The van der Waals surface area contributed by atoms with E-state index in [2.05, 4.69) is 20.9 Å². The minimum atomic E-state index is -3.60. The number of fused-ring (bicyclic) bond motifs is 1. The fourth-order valence-electron chi connectivity index (χ4n) is 3.43. The highest BCUT2D eigenvalue weighted by Gasteiger charge is 2.30. The van der Waals surface area contributed by atoms with Gasteiger partial charge in [-0.2, -0.15) is 4.31 Å². The first kappa shape index (κ1) is 19.9. The van der Waals surface area contributed by atoms with Gasteiger partial charge in [-0.25, -0.2) is 13.2 Å². The molecule has 0 spiro atoms. The Morgan fingerprint density at radius 3 is 2.34 bits per heavy atom. The Labute approximate surface area is 175 Å². The molecule has 1 saturated heterocycles. The lowest BCUT2D eigenvalue weighted by Gasteiger charge is -2.34. The first-order chi connectivity index (χ1) is 13.9. The Hall–Kier alpha value is -2.43. The number of aromatic amines is 1. The smallest absolute Gasteiger partial charge is 0.326 e. The zero-order valence-electron chi connectivity index (χ0n) is 15.4. The van der Waals surface area contributed by atoms with E-state index < -0.39 is 10.0 Å². The quantitative estimate of drug-likeness (QED) is 0.616. The minimum absolute atomic E-state index is 0.0810. The fourth-order valence-corrected chi connectivity index (χ4v) is 5.12. The second-order valence-electron chi connectivity index (χ2n) is 6.77. The molecule has 2 heterocycles. The van der Waals surface area contributed by atoms with Crippen LogP contribution >= 0.6 is 15.9 Å². The van der Waals surface area contributed by atoms with Crippen LogP contribution in [0, 0.1) is 0 Å². The van der Waals surface area contributed by atoms with Crippen molar-refractivity contribution in [2.45, 2.75) is 11.4 Å². The number of hydrogen-bond acceptors (Lipinski definition) is 4. The molecule has 4 rings (SSSR count). The number of imidazole rings is 1. The van der Waals surface area contributed by atoms with Gasteiger partial charge in [0, 0.05) is 30.7 Å². The molecule has 2 aromatic carbocycles. The SMILES string of the molecule is O=C(Cn1c(=O)[nH]c2ccccc21)N1CCN(S(=O)(=O)c2ccc(Br)cc2)CC1. The summed E-state index contributed by atoms with van der Waals surface area (Å²) in [6, 6.07) is 13.7. The van der Waals surface area contributed by atoms with Crippen LogP contribution in [0.25, 0.3) is 11.0 Å². The van der Waals surface area contributed by atoms with Gasteiger partial charge in [0.15, 0.2) is 0 Å². The molecule has 0 saturated carbocycles. The maximum absolute atomic E-state index is 12.8. The number of sulfonamides is 1. The van der Waals surface area contributed by atoms with Gasteiger partial charge in [-0.1, -0.05) is 28.1 Å². The average molecular weight is 479 g/mol. The van der Waals surface area contributed by atoms with Crippen LogP contribution in [0.2, 0.25) is 0 Å². The number of piperazine rings is 1. The molecule has 152 valence electrons. The Morgan fingerprint density at radius 1 is 1.00 bits per heavy atom. The number of hydrogen-bond donors (Lipinski definition) is 1. The molecule has 0 aliphatic carbocycles. The molecular weight excluding hydrogens is 460 g/mol. The zero-order valence-corrected chi connectivity index (χ0v) is 17.8. The van der Waals surface area contributed by atoms with Crippen molar-refractivity contribution in [1.82, 2.24) is 18.8 Å². The van der Waals surface area contributed by atoms with Gasteiger partial charge >= 0.3 is 5.69 Å². The van der Waals surface area contributed by atoms with Crippen molar-refractivity contribution in [3.8, 4) is 0 Å². The zero-order chi connectivity index (χ0) is 20.6. The van der Waals surface area contributed by atoms with E-state index in [1.54, 1.807) is 41.3 Å².